The molecule has 234 valence electrons. The first kappa shape index (κ1) is 33.0. The lowest BCUT2D eigenvalue weighted by atomic mass is 10.0. The topological polar surface area (TPSA) is 128 Å². The van der Waals surface area contributed by atoms with Gasteiger partial charge in [-0.25, -0.2) is 4.79 Å². The van der Waals surface area contributed by atoms with Gasteiger partial charge in [0.05, 0.1) is 18.3 Å². The molecule has 5 N–H and O–H groups in total. The highest BCUT2D eigenvalue weighted by Crippen LogP contribution is 2.37. The minimum absolute atomic E-state index is 0.0198. The highest BCUT2D eigenvalue weighted by molar-refractivity contribution is 6.02. The van der Waals surface area contributed by atoms with Gasteiger partial charge in [0.25, 0.3) is 0 Å². The number of benzene rings is 4. The van der Waals surface area contributed by atoms with Crippen molar-refractivity contribution in [3.05, 3.63) is 101 Å². The van der Waals surface area contributed by atoms with Gasteiger partial charge in [-0.15, -0.1) is 0 Å². The Hall–Kier alpha value is -3.95. The zero-order valence-corrected chi connectivity index (χ0v) is 25.1. The lowest BCUT2D eigenvalue weighted by molar-refractivity contribution is 0.0719. The molecule has 4 aromatic rings. The fraction of sp³-hybridized carbons (Fsp3) is 0.361. The number of hydrogen-bond acceptors (Lipinski definition) is 8. The Labute approximate surface area is 258 Å². The Morgan fingerprint density at radius 3 is 2.32 bits per heavy atom. The molecule has 0 saturated carbocycles. The minimum atomic E-state index is -1.07. The monoisotopic (exact) mass is 601 g/mol. The maximum atomic E-state index is 13.1. The van der Waals surface area contributed by atoms with E-state index in [-0.39, 0.29) is 40.5 Å². The van der Waals surface area contributed by atoms with E-state index in [1.165, 1.54) is 23.8 Å². The number of ether oxygens (including phenoxy) is 2. The molecule has 44 heavy (non-hydrogen) atoms. The number of carbonyl (C=O) groups is 1. The quantitative estimate of drug-likeness (QED) is 0.0519. The minimum Gasteiger partial charge on any atom is -0.507 e. The zero-order chi connectivity index (χ0) is 31.1. The van der Waals surface area contributed by atoms with Gasteiger partial charge >= 0.3 is 5.97 Å². The number of fused-ring (bicyclic) bond motifs is 1. The van der Waals surface area contributed by atoms with Crippen LogP contribution < -0.4 is 10.1 Å². The molecule has 0 spiro atoms. The van der Waals surface area contributed by atoms with Crippen molar-refractivity contribution in [3.63, 3.8) is 0 Å². The lowest BCUT2D eigenvalue weighted by Crippen LogP contribution is -2.23. The molecule has 8 nitrogen and oxygen atoms in total. The number of hydrogen-bond donors (Lipinski definition) is 5. The van der Waals surface area contributed by atoms with Crippen molar-refractivity contribution < 1.29 is 34.7 Å². The maximum Gasteiger partial charge on any atom is 0.347 e. The molecule has 0 amide bonds. The third-order valence-corrected chi connectivity index (χ3v) is 7.68. The number of esters is 1. The molecule has 1 unspecified atom stereocenters. The molecule has 0 saturated heterocycles. The highest BCUT2D eigenvalue weighted by Gasteiger charge is 2.24. The molecule has 0 radical (unpaired) electrons. The summed E-state index contributed by atoms with van der Waals surface area (Å²) in [5.74, 6) is -1.49. The van der Waals surface area contributed by atoms with Crippen molar-refractivity contribution in [3.8, 4) is 17.2 Å². The first-order valence-electron chi connectivity index (χ1n) is 15.4. The molecule has 1 atom stereocenters. The Kier molecular flexibility index (Phi) is 13.0. The summed E-state index contributed by atoms with van der Waals surface area (Å²) in [6, 6.07) is 23.6. The van der Waals surface area contributed by atoms with Crippen molar-refractivity contribution in [2.24, 2.45) is 0 Å². The van der Waals surface area contributed by atoms with Gasteiger partial charge in [0.1, 0.15) is 22.8 Å². The average Bonchev–Trinajstić information content (AvgIpc) is 3.04. The number of rotatable bonds is 18. The van der Waals surface area contributed by atoms with Crippen LogP contribution in [0.4, 0.5) is 0 Å². The summed E-state index contributed by atoms with van der Waals surface area (Å²) in [5, 5.41) is 46.3. The molecule has 0 heterocycles. The smallest absolute Gasteiger partial charge is 0.347 e. The predicted molar refractivity (Wildman–Crippen MR) is 171 cm³/mol. The van der Waals surface area contributed by atoms with E-state index in [4.69, 9.17) is 9.47 Å². The van der Waals surface area contributed by atoms with Crippen LogP contribution in [0.15, 0.2) is 78.9 Å². The normalized spacial score (nSPS) is 12.0. The number of nitrogens with one attached hydrogen (secondary N) is 1. The first-order chi connectivity index (χ1) is 21.5. The lowest BCUT2D eigenvalue weighted by Gasteiger charge is -2.19. The van der Waals surface area contributed by atoms with Crippen LogP contribution in [0.25, 0.3) is 10.8 Å². The van der Waals surface area contributed by atoms with Crippen LogP contribution in [0.1, 0.15) is 71.7 Å². The number of unbranched alkanes of at least 4 members (excludes halogenated alkanes) is 4. The summed E-state index contributed by atoms with van der Waals surface area (Å²) in [6.07, 6.45) is 6.26. The van der Waals surface area contributed by atoms with E-state index < -0.39 is 18.7 Å². The van der Waals surface area contributed by atoms with Gasteiger partial charge in [0.2, 0.25) is 0 Å². The van der Waals surface area contributed by atoms with Crippen molar-refractivity contribution in [2.45, 2.75) is 57.7 Å². The predicted octanol–water partition coefficient (Wildman–Crippen LogP) is 6.19. The average molecular weight is 602 g/mol. The molecule has 0 aliphatic rings. The highest BCUT2D eigenvalue weighted by atomic mass is 16.5. The summed E-state index contributed by atoms with van der Waals surface area (Å²) in [5.41, 5.74) is 1.53. The number of aliphatic hydroxyl groups is 2. The molecule has 4 rings (SSSR count). The molecule has 8 heteroatoms. The van der Waals surface area contributed by atoms with Crippen LogP contribution >= 0.6 is 0 Å². The standard InChI is InChI=1S/C36H43NO7/c38-25-31-32(39)20-19-29(35(31)44-36(42)30-18-17-27-15-6-7-16-28(27)34(30)41)33(40)24-37-21-9-1-2-10-22-43-23-11-8-14-26-12-4-3-5-13-26/h3-7,12-13,15-20,33,37-41H,1-2,8-11,14,21-25H2. The third kappa shape index (κ3) is 9.27. The molecule has 0 aliphatic heterocycles. The van der Waals surface area contributed by atoms with Crippen molar-refractivity contribution in [1.82, 2.24) is 5.32 Å². The van der Waals surface area contributed by atoms with E-state index in [2.05, 4.69) is 29.6 Å². The largest absolute Gasteiger partial charge is 0.507 e. The van der Waals surface area contributed by atoms with E-state index in [0.717, 1.165) is 63.5 Å². The molecular weight excluding hydrogens is 558 g/mol. The second-order valence-electron chi connectivity index (χ2n) is 10.9. The maximum absolute atomic E-state index is 13.1. The van der Waals surface area contributed by atoms with Crippen LogP contribution in [0.3, 0.4) is 0 Å². The van der Waals surface area contributed by atoms with Gasteiger partial charge < -0.3 is 35.2 Å². The summed E-state index contributed by atoms with van der Waals surface area (Å²) in [6.45, 7) is 1.84. The number of aryl methyl sites for hydroxylation is 1. The van der Waals surface area contributed by atoms with E-state index in [1.54, 1.807) is 18.2 Å². The van der Waals surface area contributed by atoms with Crippen LogP contribution in [0.5, 0.6) is 17.2 Å². The molecule has 0 aliphatic carbocycles. The van der Waals surface area contributed by atoms with E-state index in [0.29, 0.717) is 11.9 Å². The third-order valence-electron chi connectivity index (χ3n) is 7.68. The summed E-state index contributed by atoms with van der Waals surface area (Å²) in [4.78, 5) is 13.1. The van der Waals surface area contributed by atoms with Gasteiger partial charge in [-0.3, -0.25) is 0 Å². The Bertz CT molecular complexity index is 1470. The number of phenolic OH excluding ortho intramolecular Hbond substituents is 1. The number of aliphatic hydroxyl groups excluding tert-OH is 2. The van der Waals surface area contributed by atoms with Gasteiger partial charge in [0.15, 0.2) is 0 Å². The number of aromatic hydroxyl groups is 2. The van der Waals surface area contributed by atoms with Gasteiger partial charge in [-0.05, 0) is 67.8 Å². The molecule has 0 fully saturated rings. The van der Waals surface area contributed by atoms with E-state index >= 15 is 0 Å². The molecule has 0 bridgehead atoms. The number of phenols is 2. The van der Waals surface area contributed by atoms with Crippen LogP contribution in [-0.4, -0.2) is 52.7 Å². The molecular formula is C36H43NO7. The Morgan fingerprint density at radius 2 is 1.52 bits per heavy atom. The van der Waals surface area contributed by atoms with Crippen LogP contribution in [0, 0.1) is 0 Å². The number of carbonyl (C=O) groups excluding carboxylic acids is 1. The first-order valence-corrected chi connectivity index (χ1v) is 15.4. The van der Waals surface area contributed by atoms with Crippen molar-refractivity contribution >= 4 is 16.7 Å². The van der Waals surface area contributed by atoms with Crippen LogP contribution in [0.2, 0.25) is 0 Å². The van der Waals surface area contributed by atoms with Crippen molar-refractivity contribution in [1.29, 1.82) is 0 Å². The van der Waals surface area contributed by atoms with Gasteiger partial charge in [0, 0.05) is 30.7 Å². The Morgan fingerprint density at radius 1 is 0.795 bits per heavy atom. The SMILES string of the molecule is O=C(Oc1c(C(O)CNCCCCCCOCCCCc2ccccc2)ccc(O)c1CO)c1ccc2ccccc2c1O. The summed E-state index contributed by atoms with van der Waals surface area (Å²) in [7, 11) is 0. The summed E-state index contributed by atoms with van der Waals surface area (Å²) < 4.78 is 11.4. The zero-order valence-electron chi connectivity index (χ0n) is 25.1. The fourth-order valence-electron chi connectivity index (χ4n) is 5.18. The van der Waals surface area contributed by atoms with E-state index in [1.807, 2.05) is 18.2 Å². The molecule has 0 aromatic heterocycles. The van der Waals surface area contributed by atoms with Crippen molar-refractivity contribution in [2.75, 3.05) is 26.3 Å². The second-order valence-corrected chi connectivity index (χ2v) is 10.9. The van der Waals surface area contributed by atoms with Gasteiger partial charge in [-0.2, -0.15) is 0 Å². The van der Waals surface area contributed by atoms with Crippen LogP contribution in [-0.2, 0) is 17.8 Å². The fourth-order valence-corrected chi connectivity index (χ4v) is 5.18. The Balaban J connectivity index is 1.18. The summed E-state index contributed by atoms with van der Waals surface area (Å²) >= 11 is 0. The second kappa shape index (κ2) is 17.4. The van der Waals surface area contributed by atoms with E-state index in [9.17, 15) is 25.2 Å². The van der Waals surface area contributed by atoms with Gasteiger partial charge in [-0.1, -0.05) is 73.5 Å². The molecule has 4 aromatic carbocycles.